The zero-order valence-corrected chi connectivity index (χ0v) is 10.4. The lowest BCUT2D eigenvalue weighted by Crippen LogP contribution is -1.95. The fraction of sp³-hybridized carbons (Fsp3) is 0.0667. The summed E-state index contributed by atoms with van der Waals surface area (Å²) in [5.74, 6) is 0.461. The molecule has 0 aliphatic heterocycles. The maximum Gasteiger partial charge on any atom is 0.131 e. The molecule has 0 aliphatic rings. The van der Waals surface area contributed by atoms with Crippen LogP contribution in [0.5, 0.6) is 0 Å². The summed E-state index contributed by atoms with van der Waals surface area (Å²) in [6.45, 7) is 1.94. The summed E-state index contributed by atoms with van der Waals surface area (Å²) in [5, 5.41) is 3.96. The zero-order chi connectivity index (χ0) is 13.2. The molecular formula is C15H12FN3. The molecule has 2 heterocycles. The van der Waals surface area contributed by atoms with E-state index in [1.807, 2.05) is 31.2 Å². The number of nitrogens with one attached hydrogen (secondary N) is 1. The molecule has 0 bridgehead atoms. The Morgan fingerprint density at radius 3 is 2.74 bits per heavy atom. The molecule has 0 unspecified atom stereocenters. The van der Waals surface area contributed by atoms with Gasteiger partial charge in [-0.15, -0.1) is 0 Å². The van der Waals surface area contributed by atoms with Crippen LogP contribution in [0, 0.1) is 12.7 Å². The van der Waals surface area contributed by atoms with E-state index in [0.717, 1.165) is 22.3 Å². The predicted molar refractivity (Wildman–Crippen MR) is 74.0 cm³/mol. The number of aromatic nitrogens is 2. The number of halogens is 1. The van der Waals surface area contributed by atoms with Crippen molar-refractivity contribution in [1.82, 2.24) is 9.97 Å². The molecule has 19 heavy (non-hydrogen) atoms. The summed E-state index contributed by atoms with van der Waals surface area (Å²) < 4.78 is 13.1. The Hall–Kier alpha value is -2.49. The second-order valence-electron chi connectivity index (χ2n) is 4.35. The van der Waals surface area contributed by atoms with Gasteiger partial charge in [0.15, 0.2) is 0 Å². The molecule has 2 aromatic heterocycles. The third-order valence-corrected chi connectivity index (χ3v) is 2.84. The van der Waals surface area contributed by atoms with Crippen LogP contribution in [0.2, 0.25) is 0 Å². The molecule has 1 aromatic carbocycles. The molecule has 94 valence electrons. The number of hydrogen-bond donors (Lipinski definition) is 1. The van der Waals surface area contributed by atoms with Crippen LogP contribution in [-0.2, 0) is 0 Å². The monoisotopic (exact) mass is 253 g/mol. The lowest BCUT2D eigenvalue weighted by molar-refractivity contribution is 0.629. The van der Waals surface area contributed by atoms with E-state index in [-0.39, 0.29) is 5.82 Å². The first kappa shape index (κ1) is 11.6. The normalized spacial score (nSPS) is 10.6. The summed E-state index contributed by atoms with van der Waals surface area (Å²) in [6, 6.07) is 12.1. The van der Waals surface area contributed by atoms with Crippen LogP contribution >= 0.6 is 0 Å². The summed E-state index contributed by atoms with van der Waals surface area (Å²) >= 11 is 0. The smallest absolute Gasteiger partial charge is 0.131 e. The number of pyridine rings is 2. The average molecular weight is 253 g/mol. The van der Waals surface area contributed by atoms with Crippen molar-refractivity contribution in [2.24, 2.45) is 0 Å². The van der Waals surface area contributed by atoms with Crippen molar-refractivity contribution >= 4 is 22.4 Å². The molecule has 0 aliphatic carbocycles. The lowest BCUT2D eigenvalue weighted by Gasteiger charge is -2.06. The fourth-order valence-electron chi connectivity index (χ4n) is 1.86. The molecule has 0 saturated carbocycles. The number of aryl methyl sites for hydroxylation is 1. The highest BCUT2D eigenvalue weighted by molar-refractivity contribution is 5.80. The fourth-order valence-corrected chi connectivity index (χ4v) is 1.86. The predicted octanol–water partition coefficient (Wildman–Crippen LogP) is 3.82. The summed E-state index contributed by atoms with van der Waals surface area (Å²) in [6.07, 6.45) is 1.76. The van der Waals surface area contributed by atoms with Gasteiger partial charge in [-0.05, 0) is 49.4 Å². The van der Waals surface area contributed by atoms with E-state index < -0.39 is 0 Å². The quantitative estimate of drug-likeness (QED) is 0.754. The van der Waals surface area contributed by atoms with Gasteiger partial charge >= 0.3 is 0 Å². The highest BCUT2D eigenvalue weighted by Gasteiger charge is 2.00. The van der Waals surface area contributed by atoms with Gasteiger partial charge in [-0.25, -0.2) is 9.37 Å². The van der Waals surface area contributed by atoms with Crippen LogP contribution in [0.15, 0.2) is 48.7 Å². The zero-order valence-electron chi connectivity index (χ0n) is 10.4. The molecule has 0 saturated heterocycles. The van der Waals surface area contributed by atoms with Crippen LogP contribution in [-0.4, -0.2) is 9.97 Å². The van der Waals surface area contributed by atoms with Crippen LogP contribution in [0.3, 0.4) is 0 Å². The number of anilines is 2. The Kier molecular flexibility index (Phi) is 2.83. The minimum Gasteiger partial charge on any atom is -0.339 e. The third-order valence-electron chi connectivity index (χ3n) is 2.84. The number of nitrogens with zero attached hydrogens (tertiary/aromatic N) is 2. The molecule has 0 atom stereocenters. The maximum atomic E-state index is 13.1. The Morgan fingerprint density at radius 1 is 1.05 bits per heavy atom. The molecule has 3 nitrogen and oxygen atoms in total. The van der Waals surface area contributed by atoms with Crippen molar-refractivity contribution in [1.29, 1.82) is 0 Å². The van der Waals surface area contributed by atoms with Gasteiger partial charge in [0.2, 0.25) is 0 Å². The molecule has 4 heteroatoms. The molecular weight excluding hydrogens is 241 g/mol. The summed E-state index contributed by atoms with van der Waals surface area (Å²) in [7, 11) is 0. The molecule has 0 radical (unpaired) electrons. The first-order valence-electron chi connectivity index (χ1n) is 5.97. The molecule has 0 spiro atoms. The minimum atomic E-state index is -0.252. The highest BCUT2D eigenvalue weighted by Crippen LogP contribution is 2.19. The van der Waals surface area contributed by atoms with E-state index in [9.17, 15) is 4.39 Å². The van der Waals surface area contributed by atoms with Crippen LogP contribution < -0.4 is 5.32 Å². The Labute approximate surface area is 110 Å². The number of rotatable bonds is 2. The van der Waals surface area contributed by atoms with E-state index in [2.05, 4.69) is 15.3 Å². The molecule has 3 rings (SSSR count). The lowest BCUT2D eigenvalue weighted by atomic mass is 10.2. The van der Waals surface area contributed by atoms with E-state index in [0.29, 0.717) is 5.82 Å². The van der Waals surface area contributed by atoms with Crippen molar-refractivity contribution in [3.8, 4) is 0 Å². The Balaban J connectivity index is 1.93. The van der Waals surface area contributed by atoms with Crippen LogP contribution in [0.25, 0.3) is 10.9 Å². The topological polar surface area (TPSA) is 37.8 Å². The second kappa shape index (κ2) is 4.65. The minimum absolute atomic E-state index is 0.252. The maximum absolute atomic E-state index is 13.1. The molecule has 1 N–H and O–H groups in total. The van der Waals surface area contributed by atoms with Crippen LogP contribution in [0.4, 0.5) is 15.9 Å². The summed E-state index contributed by atoms with van der Waals surface area (Å²) in [5.41, 5.74) is 2.60. The van der Waals surface area contributed by atoms with Crippen molar-refractivity contribution in [2.45, 2.75) is 6.92 Å². The van der Waals surface area contributed by atoms with E-state index >= 15 is 0 Å². The van der Waals surface area contributed by atoms with Gasteiger partial charge in [0.05, 0.1) is 17.4 Å². The molecule has 0 amide bonds. The second-order valence-corrected chi connectivity index (χ2v) is 4.35. The average Bonchev–Trinajstić information content (AvgIpc) is 2.42. The first-order chi connectivity index (χ1) is 9.20. The van der Waals surface area contributed by atoms with Gasteiger partial charge in [-0.2, -0.15) is 0 Å². The van der Waals surface area contributed by atoms with E-state index in [1.54, 1.807) is 12.3 Å². The van der Waals surface area contributed by atoms with Crippen molar-refractivity contribution in [3.63, 3.8) is 0 Å². The van der Waals surface area contributed by atoms with Crippen molar-refractivity contribution < 1.29 is 4.39 Å². The van der Waals surface area contributed by atoms with Crippen molar-refractivity contribution in [3.05, 3.63) is 60.2 Å². The number of fused-ring (bicyclic) bond motifs is 1. The summed E-state index contributed by atoms with van der Waals surface area (Å²) in [4.78, 5) is 8.64. The molecule has 3 aromatic rings. The highest BCUT2D eigenvalue weighted by atomic mass is 19.1. The van der Waals surface area contributed by atoms with Crippen LogP contribution in [0.1, 0.15) is 5.69 Å². The number of hydrogen-bond acceptors (Lipinski definition) is 3. The first-order valence-corrected chi connectivity index (χ1v) is 5.97. The van der Waals surface area contributed by atoms with E-state index in [4.69, 9.17) is 0 Å². The van der Waals surface area contributed by atoms with Gasteiger partial charge in [-0.1, -0.05) is 0 Å². The Bertz CT molecular complexity index is 723. The number of benzene rings is 1. The largest absolute Gasteiger partial charge is 0.339 e. The molecule has 0 fully saturated rings. The van der Waals surface area contributed by atoms with Crippen molar-refractivity contribution in [2.75, 3.05) is 5.32 Å². The van der Waals surface area contributed by atoms with Gasteiger partial charge in [-0.3, -0.25) is 4.98 Å². The van der Waals surface area contributed by atoms with Gasteiger partial charge in [0.1, 0.15) is 11.6 Å². The Morgan fingerprint density at radius 2 is 1.95 bits per heavy atom. The van der Waals surface area contributed by atoms with Gasteiger partial charge in [0.25, 0.3) is 0 Å². The van der Waals surface area contributed by atoms with Gasteiger partial charge in [0, 0.05) is 11.1 Å². The third kappa shape index (κ3) is 2.52. The standard InChI is InChI=1S/C15H12FN3/c1-10-2-5-13(9-17-10)18-15-7-3-11-8-12(16)4-6-14(11)19-15/h2-9H,1H3,(H,18,19). The van der Waals surface area contributed by atoms with E-state index in [1.165, 1.54) is 12.1 Å². The SMILES string of the molecule is Cc1ccc(Nc2ccc3cc(F)ccc3n2)cn1. The van der Waals surface area contributed by atoms with Gasteiger partial charge < -0.3 is 5.32 Å².